The monoisotopic (exact) mass is 403 g/mol. The number of anilines is 1. The summed E-state index contributed by atoms with van der Waals surface area (Å²) < 4.78 is 0. The number of carbonyl (C=O) groups is 1. The standard InChI is InChI=1S/C28H37NO/c1-3-5-6-7-8-9-22-10-12-23(13-11-22)24-14-16-25(17-15-24)26-18-20-27(21-19-26)29-28(30)4-2/h4,14-23H,2-3,5-13H2,1H3,(H,29,30). The second-order valence-corrected chi connectivity index (χ2v) is 8.81. The molecule has 0 aliphatic heterocycles. The molecule has 2 aromatic carbocycles. The van der Waals surface area contributed by atoms with Crippen LogP contribution < -0.4 is 5.32 Å². The van der Waals surface area contributed by atoms with E-state index in [-0.39, 0.29) is 5.91 Å². The Morgan fingerprint density at radius 1 is 0.900 bits per heavy atom. The number of hydrogen-bond donors (Lipinski definition) is 1. The molecule has 1 saturated carbocycles. The van der Waals surface area contributed by atoms with Crippen LogP contribution in [0.1, 0.15) is 82.6 Å². The number of amides is 1. The quantitative estimate of drug-likeness (QED) is 0.315. The lowest BCUT2D eigenvalue weighted by Crippen LogP contribution is -2.13. The highest BCUT2D eigenvalue weighted by atomic mass is 16.1. The average Bonchev–Trinajstić information content (AvgIpc) is 2.80. The largest absolute Gasteiger partial charge is 0.323 e. The summed E-state index contributed by atoms with van der Waals surface area (Å²) in [6.45, 7) is 5.77. The lowest BCUT2D eigenvalue weighted by Gasteiger charge is -2.29. The van der Waals surface area contributed by atoms with Crippen molar-refractivity contribution in [1.29, 1.82) is 0 Å². The van der Waals surface area contributed by atoms with Gasteiger partial charge in [-0.15, -0.1) is 0 Å². The maximum Gasteiger partial charge on any atom is 0.247 e. The summed E-state index contributed by atoms with van der Waals surface area (Å²) >= 11 is 0. The molecule has 1 aliphatic carbocycles. The Morgan fingerprint density at radius 2 is 1.50 bits per heavy atom. The molecule has 0 bridgehead atoms. The number of unbranched alkanes of at least 4 members (excludes halogenated alkanes) is 4. The smallest absolute Gasteiger partial charge is 0.247 e. The molecule has 0 unspecified atom stereocenters. The van der Waals surface area contributed by atoms with Gasteiger partial charge in [0, 0.05) is 5.69 Å². The normalized spacial score (nSPS) is 18.7. The van der Waals surface area contributed by atoms with E-state index in [4.69, 9.17) is 0 Å². The second-order valence-electron chi connectivity index (χ2n) is 8.81. The lowest BCUT2D eigenvalue weighted by molar-refractivity contribution is -0.111. The summed E-state index contributed by atoms with van der Waals surface area (Å²) in [5, 5.41) is 2.79. The molecule has 0 heterocycles. The van der Waals surface area contributed by atoms with Crippen molar-refractivity contribution in [3.63, 3.8) is 0 Å². The Labute approximate surface area is 182 Å². The third-order valence-electron chi connectivity index (χ3n) is 6.62. The van der Waals surface area contributed by atoms with Crippen LogP contribution in [0.2, 0.25) is 0 Å². The van der Waals surface area contributed by atoms with Gasteiger partial charge in [-0.1, -0.05) is 88.4 Å². The zero-order valence-electron chi connectivity index (χ0n) is 18.5. The van der Waals surface area contributed by atoms with Crippen molar-refractivity contribution in [1.82, 2.24) is 0 Å². The fraction of sp³-hybridized carbons (Fsp3) is 0.464. The van der Waals surface area contributed by atoms with Crippen LogP contribution in [0.3, 0.4) is 0 Å². The first-order valence-corrected chi connectivity index (χ1v) is 11.8. The molecule has 1 amide bonds. The molecule has 0 saturated heterocycles. The number of benzene rings is 2. The fourth-order valence-electron chi connectivity index (χ4n) is 4.71. The number of rotatable bonds is 10. The van der Waals surface area contributed by atoms with Crippen LogP contribution in [0.25, 0.3) is 11.1 Å². The zero-order valence-corrected chi connectivity index (χ0v) is 18.5. The van der Waals surface area contributed by atoms with E-state index in [2.05, 4.69) is 55.2 Å². The molecule has 2 nitrogen and oxygen atoms in total. The van der Waals surface area contributed by atoms with Crippen LogP contribution in [0.5, 0.6) is 0 Å². The van der Waals surface area contributed by atoms with E-state index in [0.717, 1.165) is 17.5 Å². The summed E-state index contributed by atoms with van der Waals surface area (Å²) in [5.74, 6) is 1.51. The summed E-state index contributed by atoms with van der Waals surface area (Å²) in [6.07, 6.45) is 15.2. The molecule has 0 atom stereocenters. The van der Waals surface area contributed by atoms with Gasteiger partial charge in [-0.3, -0.25) is 4.79 Å². The molecule has 1 fully saturated rings. The molecule has 2 heteroatoms. The fourth-order valence-corrected chi connectivity index (χ4v) is 4.71. The molecule has 0 radical (unpaired) electrons. The van der Waals surface area contributed by atoms with Gasteiger partial charge in [0.25, 0.3) is 0 Å². The van der Waals surface area contributed by atoms with E-state index in [1.54, 1.807) is 0 Å². The summed E-state index contributed by atoms with van der Waals surface area (Å²) in [4.78, 5) is 11.4. The predicted octanol–water partition coefficient (Wildman–Crippen LogP) is 8.11. The molecule has 2 aromatic rings. The Balaban J connectivity index is 1.48. The van der Waals surface area contributed by atoms with Gasteiger partial charge < -0.3 is 5.32 Å². The topological polar surface area (TPSA) is 29.1 Å². The maximum atomic E-state index is 11.4. The van der Waals surface area contributed by atoms with Crippen LogP contribution >= 0.6 is 0 Å². The number of carbonyl (C=O) groups excluding carboxylic acids is 1. The Kier molecular flexibility index (Phi) is 8.74. The maximum absolute atomic E-state index is 11.4. The Hall–Kier alpha value is -2.35. The molecule has 0 spiro atoms. The first-order valence-electron chi connectivity index (χ1n) is 11.8. The van der Waals surface area contributed by atoms with Gasteiger partial charge >= 0.3 is 0 Å². The SMILES string of the molecule is C=CC(=O)Nc1ccc(-c2ccc(C3CCC(CCCCCCC)CC3)cc2)cc1. The second kappa shape index (κ2) is 11.7. The van der Waals surface area contributed by atoms with Gasteiger partial charge in [0.2, 0.25) is 5.91 Å². The highest BCUT2D eigenvalue weighted by molar-refractivity contribution is 5.98. The van der Waals surface area contributed by atoms with Gasteiger partial charge in [0.15, 0.2) is 0 Å². The molecule has 1 N–H and O–H groups in total. The van der Waals surface area contributed by atoms with Crippen molar-refractivity contribution in [2.75, 3.05) is 5.32 Å². The van der Waals surface area contributed by atoms with Gasteiger partial charge in [-0.25, -0.2) is 0 Å². The van der Waals surface area contributed by atoms with Crippen LogP contribution in [-0.2, 0) is 4.79 Å². The van der Waals surface area contributed by atoms with Crippen molar-refractivity contribution in [3.05, 3.63) is 66.7 Å². The highest BCUT2D eigenvalue weighted by Gasteiger charge is 2.22. The van der Waals surface area contributed by atoms with Gasteiger partial charge in [0.05, 0.1) is 0 Å². The molecule has 1 aliphatic rings. The first-order chi connectivity index (χ1) is 14.7. The highest BCUT2D eigenvalue weighted by Crippen LogP contribution is 2.38. The molecule has 30 heavy (non-hydrogen) atoms. The van der Waals surface area contributed by atoms with Crippen LogP contribution in [-0.4, -0.2) is 5.91 Å². The summed E-state index contributed by atoms with van der Waals surface area (Å²) in [5.41, 5.74) is 4.68. The average molecular weight is 404 g/mol. The lowest BCUT2D eigenvalue weighted by atomic mass is 9.77. The van der Waals surface area contributed by atoms with Crippen molar-refractivity contribution >= 4 is 11.6 Å². The number of hydrogen-bond acceptors (Lipinski definition) is 1. The minimum atomic E-state index is -0.182. The van der Waals surface area contributed by atoms with Crippen LogP contribution in [0.15, 0.2) is 61.2 Å². The number of nitrogens with one attached hydrogen (secondary N) is 1. The Morgan fingerprint density at radius 3 is 2.10 bits per heavy atom. The van der Waals surface area contributed by atoms with Crippen molar-refractivity contribution in [2.45, 2.75) is 77.0 Å². The van der Waals surface area contributed by atoms with Gasteiger partial charge in [-0.2, -0.15) is 0 Å². The van der Waals surface area contributed by atoms with E-state index < -0.39 is 0 Å². The zero-order chi connectivity index (χ0) is 21.2. The van der Waals surface area contributed by atoms with E-state index in [1.165, 1.54) is 87.0 Å². The van der Waals surface area contributed by atoms with Crippen molar-refractivity contribution in [3.8, 4) is 11.1 Å². The van der Waals surface area contributed by atoms with Crippen molar-refractivity contribution in [2.24, 2.45) is 5.92 Å². The van der Waals surface area contributed by atoms with E-state index >= 15 is 0 Å². The first kappa shape index (κ1) is 22.3. The minimum absolute atomic E-state index is 0.182. The van der Waals surface area contributed by atoms with E-state index in [0.29, 0.717) is 0 Å². The molecule has 3 rings (SSSR count). The molecule has 160 valence electrons. The van der Waals surface area contributed by atoms with E-state index in [9.17, 15) is 4.79 Å². The molecular weight excluding hydrogens is 366 g/mol. The van der Waals surface area contributed by atoms with Gasteiger partial charge in [-0.05, 0) is 72.4 Å². The third-order valence-corrected chi connectivity index (χ3v) is 6.62. The van der Waals surface area contributed by atoms with Crippen LogP contribution in [0, 0.1) is 5.92 Å². The molecular formula is C28H37NO. The minimum Gasteiger partial charge on any atom is -0.323 e. The van der Waals surface area contributed by atoms with Gasteiger partial charge in [0.1, 0.15) is 0 Å². The molecule has 0 aromatic heterocycles. The van der Waals surface area contributed by atoms with Crippen LogP contribution in [0.4, 0.5) is 5.69 Å². The third kappa shape index (κ3) is 6.58. The summed E-state index contributed by atoms with van der Waals surface area (Å²) in [6, 6.07) is 17.1. The summed E-state index contributed by atoms with van der Waals surface area (Å²) in [7, 11) is 0. The van der Waals surface area contributed by atoms with E-state index in [1.807, 2.05) is 12.1 Å². The Bertz CT molecular complexity index is 782. The predicted molar refractivity (Wildman–Crippen MR) is 129 cm³/mol. The van der Waals surface area contributed by atoms with Crippen molar-refractivity contribution < 1.29 is 4.79 Å².